The number of rotatable bonds is 1. The number of carbonyl (C=O) groups excluding carboxylic acids is 2. The molecule has 0 bridgehead atoms. The van der Waals surface area contributed by atoms with E-state index >= 15 is 0 Å². The highest BCUT2D eigenvalue weighted by molar-refractivity contribution is 5.89. The summed E-state index contributed by atoms with van der Waals surface area (Å²) in [6, 6.07) is -3.65. The third kappa shape index (κ3) is 1.71. The molecule has 1 rings (SSSR count). The number of hydrogen-bond donors (Lipinski definition) is 0. The lowest BCUT2D eigenvalue weighted by molar-refractivity contribution is -0.381. The topological polar surface area (TPSA) is 52.6 Å². The van der Waals surface area contributed by atoms with Gasteiger partial charge in [0.1, 0.15) is 0 Å². The Morgan fingerprint density at radius 2 is 1.50 bits per heavy atom. The molecule has 1 heterocycles. The van der Waals surface area contributed by atoms with Crippen LogP contribution in [0.25, 0.3) is 0 Å². The largest absolute Gasteiger partial charge is 0.467 e. The van der Waals surface area contributed by atoms with Crippen molar-refractivity contribution >= 4 is 12.0 Å². The quantitative estimate of drug-likeness (QED) is 0.417. The monoisotopic (exact) mass is 288 g/mol. The summed E-state index contributed by atoms with van der Waals surface area (Å²) in [5.41, 5.74) is 0. The minimum absolute atomic E-state index is 2.63. The number of halogens is 8. The number of hydrogen-bond acceptors (Lipinski definition) is 4. The first-order valence-electron chi connectivity index (χ1n) is 3.74. The van der Waals surface area contributed by atoms with Crippen LogP contribution in [0.5, 0.6) is 0 Å². The minimum atomic E-state index is -6.29. The summed E-state index contributed by atoms with van der Waals surface area (Å²) in [6.07, 6.45) is -12.5. The zero-order chi connectivity index (χ0) is 14.6. The molecule has 0 radical (unpaired) electrons. The average Bonchev–Trinajstić information content (AvgIpc) is 2.39. The fraction of sp³-hybridized carbons (Fsp3) is 0.667. The first-order valence-corrected chi connectivity index (χ1v) is 3.74. The van der Waals surface area contributed by atoms with Gasteiger partial charge in [-0.15, -0.1) is 0 Å². The molecule has 18 heavy (non-hydrogen) atoms. The molecule has 1 saturated heterocycles. The van der Waals surface area contributed by atoms with Gasteiger partial charge in [0.15, 0.2) is 0 Å². The molecular weight excluding hydrogens is 288 g/mol. The van der Waals surface area contributed by atoms with Gasteiger partial charge in [0.2, 0.25) is 0 Å². The molecule has 0 aromatic rings. The fourth-order valence-electron chi connectivity index (χ4n) is 0.938. The van der Waals surface area contributed by atoms with Crippen LogP contribution in [0.15, 0.2) is 0 Å². The molecule has 2 atom stereocenters. The molecule has 0 aromatic carbocycles. The molecule has 0 aliphatic carbocycles. The number of alkyl halides is 7. The summed E-state index contributed by atoms with van der Waals surface area (Å²) in [7, 11) is 0. The van der Waals surface area contributed by atoms with Gasteiger partial charge in [-0.25, -0.2) is 4.79 Å². The van der Waals surface area contributed by atoms with Gasteiger partial charge in [-0.1, -0.05) is 0 Å². The highest BCUT2D eigenvalue weighted by Crippen LogP contribution is 2.50. The second-order valence-corrected chi connectivity index (χ2v) is 2.97. The number of cyclic esters (lactones) is 1. The molecule has 12 heteroatoms. The lowest BCUT2D eigenvalue weighted by Gasteiger charge is -2.25. The Hall–Kier alpha value is -1.46. The van der Waals surface area contributed by atoms with Crippen LogP contribution in [-0.2, 0) is 19.1 Å². The summed E-state index contributed by atoms with van der Waals surface area (Å²) in [4.78, 5) is 20.5. The van der Waals surface area contributed by atoms with Crippen molar-refractivity contribution in [1.82, 2.24) is 0 Å². The Kier molecular flexibility index (Phi) is 2.86. The number of carbonyl (C=O) groups is 2. The van der Waals surface area contributed by atoms with Gasteiger partial charge in [-0.05, 0) is 0 Å². The first kappa shape index (κ1) is 14.6. The normalized spacial score (nSPS) is 33.4. The number of esters is 1. The van der Waals surface area contributed by atoms with Crippen LogP contribution >= 0.6 is 0 Å². The third-order valence-electron chi connectivity index (χ3n) is 1.78. The summed E-state index contributed by atoms with van der Waals surface area (Å²) >= 11 is 0. The minimum Gasteiger partial charge on any atom is -0.410 e. The average molecular weight is 288 g/mol. The van der Waals surface area contributed by atoms with Crippen molar-refractivity contribution in [3.63, 3.8) is 0 Å². The molecule has 0 spiro atoms. The van der Waals surface area contributed by atoms with Gasteiger partial charge in [0, 0.05) is 0 Å². The van der Waals surface area contributed by atoms with Crippen LogP contribution in [0.4, 0.5) is 35.1 Å². The summed E-state index contributed by atoms with van der Waals surface area (Å²) in [5.74, 6) is -14.1. The molecule has 1 aliphatic rings. The molecule has 0 N–H and O–H groups in total. The summed E-state index contributed by atoms with van der Waals surface area (Å²) in [6.45, 7) is 0. The van der Waals surface area contributed by atoms with Gasteiger partial charge in [0.05, 0.1) is 0 Å². The molecule has 1 fully saturated rings. The first-order chi connectivity index (χ1) is 7.78. The van der Waals surface area contributed by atoms with E-state index in [1.807, 2.05) is 0 Å². The predicted molar refractivity (Wildman–Crippen MR) is 32.0 cm³/mol. The van der Waals surface area contributed by atoms with Gasteiger partial charge in [-0.2, -0.15) is 35.1 Å². The van der Waals surface area contributed by atoms with Crippen LogP contribution in [0.1, 0.15) is 0 Å². The maximum Gasteiger partial charge on any atom is 0.467 e. The van der Waals surface area contributed by atoms with Gasteiger partial charge < -0.3 is 4.74 Å². The van der Waals surface area contributed by atoms with Gasteiger partial charge in [-0.3, -0.25) is 9.53 Å². The van der Waals surface area contributed by atoms with E-state index in [9.17, 15) is 44.7 Å². The smallest absolute Gasteiger partial charge is 0.410 e. The van der Waals surface area contributed by atoms with Gasteiger partial charge >= 0.3 is 36.0 Å². The zero-order valence-corrected chi connectivity index (χ0v) is 7.66. The van der Waals surface area contributed by atoms with E-state index in [1.165, 1.54) is 0 Å². The molecule has 0 saturated carbocycles. The van der Waals surface area contributed by atoms with Gasteiger partial charge in [0.25, 0.3) is 0 Å². The molecule has 104 valence electrons. The Labute approximate surface area is 91.4 Å². The lowest BCUT2D eigenvalue weighted by atomic mass is 10.3. The Morgan fingerprint density at radius 3 is 1.67 bits per heavy atom. The van der Waals surface area contributed by atoms with E-state index in [2.05, 4.69) is 9.47 Å². The van der Waals surface area contributed by atoms with E-state index in [1.54, 1.807) is 0 Å². The summed E-state index contributed by atoms with van der Waals surface area (Å²) < 4.78 is 103. The van der Waals surface area contributed by atoms with Crippen molar-refractivity contribution in [3.8, 4) is 0 Å². The Balaban J connectivity index is 3.34. The van der Waals surface area contributed by atoms with Crippen molar-refractivity contribution in [2.75, 3.05) is 0 Å². The molecular formula is C6F8O4. The van der Waals surface area contributed by atoms with Crippen LogP contribution in [-0.4, -0.2) is 36.0 Å². The van der Waals surface area contributed by atoms with E-state index < -0.39 is 36.0 Å². The second-order valence-electron chi connectivity index (χ2n) is 2.97. The Morgan fingerprint density at radius 1 is 1.06 bits per heavy atom. The fourth-order valence-corrected chi connectivity index (χ4v) is 0.938. The van der Waals surface area contributed by atoms with Crippen LogP contribution in [0.3, 0.4) is 0 Å². The zero-order valence-electron chi connectivity index (χ0n) is 7.66. The molecule has 0 amide bonds. The van der Waals surface area contributed by atoms with Crippen LogP contribution in [0.2, 0.25) is 0 Å². The van der Waals surface area contributed by atoms with Crippen LogP contribution in [0, 0.1) is 0 Å². The van der Waals surface area contributed by atoms with Crippen molar-refractivity contribution in [1.29, 1.82) is 0 Å². The van der Waals surface area contributed by atoms with E-state index in [4.69, 9.17) is 0 Å². The second kappa shape index (κ2) is 3.52. The SMILES string of the molecule is O=C(F)[C@]1(C(F)(F)F)OC(=O)[C@](F)(C(F)(F)F)O1. The molecule has 0 unspecified atom stereocenters. The van der Waals surface area contributed by atoms with Crippen molar-refractivity contribution in [2.24, 2.45) is 0 Å². The maximum atomic E-state index is 13.0. The predicted octanol–water partition coefficient (Wildman–Crippen LogP) is 1.54. The summed E-state index contributed by atoms with van der Waals surface area (Å²) in [5, 5.41) is 0. The van der Waals surface area contributed by atoms with E-state index in [0.717, 1.165) is 0 Å². The molecule has 0 aromatic heterocycles. The maximum absolute atomic E-state index is 13.0. The lowest BCUT2D eigenvalue weighted by Crippen LogP contribution is -2.55. The standard InChI is InChI=1S/C6F8O4/c7-1(15)4(6(12,13)14)17-2(16)3(8,18-4)5(9,10)11/t3-,4+/m1/s1. The van der Waals surface area contributed by atoms with Crippen LogP contribution < -0.4 is 0 Å². The van der Waals surface area contributed by atoms with Crippen molar-refractivity contribution in [3.05, 3.63) is 0 Å². The highest BCUT2D eigenvalue weighted by atomic mass is 19.4. The molecule has 4 nitrogen and oxygen atoms in total. The van der Waals surface area contributed by atoms with Crippen molar-refractivity contribution in [2.45, 2.75) is 24.0 Å². The van der Waals surface area contributed by atoms with Crippen molar-refractivity contribution < 1.29 is 54.2 Å². The number of ether oxygens (including phenoxy) is 2. The van der Waals surface area contributed by atoms with E-state index in [-0.39, 0.29) is 0 Å². The highest BCUT2D eigenvalue weighted by Gasteiger charge is 2.83. The van der Waals surface area contributed by atoms with E-state index in [0.29, 0.717) is 0 Å². The third-order valence-corrected chi connectivity index (χ3v) is 1.78. The Bertz CT molecular complexity index is 399. The molecule has 1 aliphatic heterocycles.